The summed E-state index contributed by atoms with van der Waals surface area (Å²) in [5.74, 6) is 0.165. The van der Waals surface area contributed by atoms with Crippen LogP contribution in [0.4, 0.5) is 19.0 Å². The predicted octanol–water partition coefficient (Wildman–Crippen LogP) is 1.72. The molecule has 4 atom stereocenters. The van der Waals surface area contributed by atoms with Gasteiger partial charge in [0.1, 0.15) is 18.3 Å². The van der Waals surface area contributed by atoms with Crippen molar-refractivity contribution in [3.05, 3.63) is 47.0 Å². The van der Waals surface area contributed by atoms with E-state index in [1.807, 2.05) is 0 Å². The normalized spacial score (nSPS) is 24.1. The molecule has 2 aromatic heterocycles. The molecule has 1 saturated heterocycles. The number of hydrogen-bond donors (Lipinski definition) is 4. The molecule has 0 bridgehead atoms. The number of aliphatic hydroxyl groups excluding tert-OH is 3. The first-order chi connectivity index (χ1) is 14.7. The molecule has 1 fully saturated rings. The number of nitrogens with one attached hydrogen (secondary N) is 1. The number of imidazole rings is 1. The molecule has 4 rings (SSSR count). The van der Waals surface area contributed by atoms with E-state index in [4.69, 9.17) is 16.3 Å². The lowest BCUT2D eigenvalue weighted by molar-refractivity contribution is -0.137. The Labute approximate surface area is 178 Å². The topological polar surface area (TPSA) is 126 Å². The van der Waals surface area contributed by atoms with Crippen molar-refractivity contribution in [3.63, 3.8) is 0 Å². The molecule has 1 aromatic carbocycles. The fraction of sp³-hybridized carbons (Fsp3) is 0.389. The molecule has 0 radical (unpaired) electrons. The Hall–Kier alpha value is -2.51. The zero-order valence-electron chi connectivity index (χ0n) is 15.7. The number of nitrogens with zero attached hydrogens (tertiary/aromatic N) is 4. The second kappa shape index (κ2) is 8.20. The van der Waals surface area contributed by atoms with Crippen molar-refractivity contribution in [2.24, 2.45) is 0 Å². The van der Waals surface area contributed by atoms with E-state index in [0.717, 1.165) is 12.1 Å². The molecule has 13 heteroatoms. The van der Waals surface area contributed by atoms with Crippen LogP contribution >= 0.6 is 11.6 Å². The summed E-state index contributed by atoms with van der Waals surface area (Å²) in [6.07, 6.45) is -7.91. The van der Waals surface area contributed by atoms with Gasteiger partial charge in [0, 0.05) is 6.54 Å². The summed E-state index contributed by atoms with van der Waals surface area (Å²) in [4.78, 5) is 12.3. The van der Waals surface area contributed by atoms with E-state index in [1.165, 1.54) is 23.0 Å². The summed E-state index contributed by atoms with van der Waals surface area (Å²) >= 11 is 6.00. The van der Waals surface area contributed by atoms with Gasteiger partial charge >= 0.3 is 6.18 Å². The number of hydrogen-bond acceptors (Lipinski definition) is 8. The fourth-order valence-electron chi connectivity index (χ4n) is 3.35. The van der Waals surface area contributed by atoms with Gasteiger partial charge in [-0.2, -0.15) is 23.1 Å². The van der Waals surface area contributed by atoms with E-state index in [9.17, 15) is 28.5 Å². The van der Waals surface area contributed by atoms with E-state index < -0.39 is 42.9 Å². The van der Waals surface area contributed by atoms with Gasteiger partial charge in [0.25, 0.3) is 0 Å². The number of ether oxygens (including phenoxy) is 1. The maximum absolute atomic E-state index is 12.9. The van der Waals surface area contributed by atoms with Crippen LogP contribution in [0.3, 0.4) is 0 Å². The number of halogens is 4. The number of rotatable bonds is 5. The minimum absolute atomic E-state index is 0.00702. The van der Waals surface area contributed by atoms with E-state index in [0.29, 0.717) is 5.56 Å². The van der Waals surface area contributed by atoms with Gasteiger partial charge in [-0.3, -0.25) is 4.57 Å². The number of alkyl halides is 3. The Morgan fingerprint density at radius 3 is 2.65 bits per heavy atom. The van der Waals surface area contributed by atoms with Crippen molar-refractivity contribution in [2.45, 2.75) is 37.3 Å². The summed E-state index contributed by atoms with van der Waals surface area (Å²) in [7, 11) is 0. The third-order valence-corrected chi connectivity index (χ3v) is 5.07. The van der Waals surface area contributed by atoms with Crippen LogP contribution in [-0.4, -0.2) is 59.8 Å². The number of aromatic nitrogens is 4. The molecule has 3 heterocycles. The molecule has 0 spiro atoms. The third-order valence-electron chi connectivity index (χ3n) is 4.90. The number of benzene rings is 1. The van der Waals surface area contributed by atoms with Gasteiger partial charge in [0.15, 0.2) is 23.2 Å². The quantitative estimate of drug-likeness (QED) is 0.425. The van der Waals surface area contributed by atoms with Gasteiger partial charge in [-0.25, -0.2) is 4.98 Å². The number of fused-ring (bicyclic) bond motifs is 1. The molecule has 0 unspecified atom stereocenters. The van der Waals surface area contributed by atoms with Gasteiger partial charge < -0.3 is 25.4 Å². The van der Waals surface area contributed by atoms with E-state index in [1.54, 1.807) is 0 Å². The molecule has 4 N–H and O–H groups in total. The SMILES string of the molecule is OC[C@H]1O[C@@H](n2cnc3c(NCc4cccc(C(F)(F)F)c4)nc(Cl)nc32)[C@H](O)[C@@H]1O. The van der Waals surface area contributed by atoms with Crippen LogP contribution in [0, 0.1) is 0 Å². The van der Waals surface area contributed by atoms with Crippen LogP contribution in [0.25, 0.3) is 11.2 Å². The summed E-state index contributed by atoms with van der Waals surface area (Å²) in [6.45, 7) is -0.492. The number of aliphatic hydroxyl groups is 3. The number of anilines is 1. The third kappa shape index (κ3) is 4.16. The van der Waals surface area contributed by atoms with Crippen LogP contribution < -0.4 is 5.32 Å². The van der Waals surface area contributed by atoms with Crippen LogP contribution in [0.1, 0.15) is 17.4 Å². The average Bonchev–Trinajstić information content (AvgIpc) is 3.26. The highest BCUT2D eigenvalue weighted by Gasteiger charge is 2.44. The van der Waals surface area contributed by atoms with Crippen LogP contribution in [0.15, 0.2) is 30.6 Å². The van der Waals surface area contributed by atoms with E-state index in [-0.39, 0.29) is 28.8 Å². The molecule has 3 aromatic rings. The summed E-state index contributed by atoms with van der Waals surface area (Å²) in [5.41, 5.74) is -0.0117. The zero-order valence-corrected chi connectivity index (χ0v) is 16.4. The van der Waals surface area contributed by atoms with Gasteiger partial charge in [-0.15, -0.1) is 0 Å². The lowest BCUT2D eigenvalue weighted by Crippen LogP contribution is -2.33. The molecule has 9 nitrogen and oxygen atoms in total. The van der Waals surface area contributed by atoms with Crippen molar-refractivity contribution in [2.75, 3.05) is 11.9 Å². The molecule has 0 amide bonds. The molecule has 166 valence electrons. The first-order valence-corrected chi connectivity index (χ1v) is 9.49. The van der Waals surface area contributed by atoms with E-state index in [2.05, 4.69) is 20.3 Å². The summed E-state index contributed by atoms with van der Waals surface area (Å²) < 4.78 is 45.6. The molecular weight excluding hydrogens is 443 g/mol. The van der Waals surface area contributed by atoms with E-state index >= 15 is 0 Å². The molecular formula is C18H17ClF3N5O4. The van der Waals surface area contributed by atoms with Gasteiger partial charge in [-0.05, 0) is 29.3 Å². The second-order valence-corrected chi connectivity index (χ2v) is 7.28. The first kappa shape index (κ1) is 21.7. The Bertz CT molecular complexity index is 1100. The fourth-order valence-corrected chi connectivity index (χ4v) is 3.52. The lowest BCUT2D eigenvalue weighted by atomic mass is 10.1. The molecule has 1 aliphatic rings. The highest BCUT2D eigenvalue weighted by molar-refractivity contribution is 6.28. The van der Waals surface area contributed by atoms with Crippen molar-refractivity contribution in [3.8, 4) is 0 Å². The van der Waals surface area contributed by atoms with Crippen molar-refractivity contribution >= 4 is 28.6 Å². The Morgan fingerprint density at radius 2 is 1.97 bits per heavy atom. The maximum Gasteiger partial charge on any atom is 0.416 e. The van der Waals surface area contributed by atoms with Crippen LogP contribution in [-0.2, 0) is 17.5 Å². The summed E-state index contributed by atoms with van der Waals surface area (Å²) in [6, 6.07) is 4.83. The smallest absolute Gasteiger partial charge is 0.394 e. The van der Waals surface area contributed by atoms with Gasteiger partial charge in [0.2, 0.25) is 5.28 Å². The van der Waals surface area contributed by atoms with Crippen LogP contribution in [0.5, 0.6) is 0 Å². The van der Waals surface area contributed by atoms with Gasteiger partial charge in [-0.1, -0.05) is 12.1 Å². The van der Waals surface area contributed by atoms with Crippen molar-refractivity contribution in [1.82, 2.24) is 19.5 Å². The largest absolute Gasteiger partial charge is 0.416 e. The second-order valence-electron chi connectivity index (χ2n) is 6.95. The highest BCUT2D eigenvalue weighted by Crippen LogP contribution is 2.33. The Morgan fingerprint density at radius 1 is 1.19 bits per heavy atom. The standard InChI is InChI=1S/C18H17ClF3N5O4/c19-17-25-14(23-5-8-2-1-3-9(4-8)18(20,21)22)11-15(26-17)27(7-24-11)16-13(30)12(29)10(6-28)31-16/h1-4,7,10,12-13,16,28-30H,5-6H2,(H,23,25,26)/t10-,12-,13-,16-/m1/s1. The predicted molar refractivity (Wildman–Crippen MR) is 102 cm³/mol. The Kier molecular flexibility index (Phi) is 5.75. The lowest BCUT2D eigenvalue weighted by Gasteiger charge is -2.16. The first-order valence-electron chi connectivity index (χ1n) is 9.11. The average molecular weight is 460 g/mol. The molecule has 1 aliphatic heterocycles. The molecule has 0 aliphatic carbocycles. The monoisotopic (exact) mass is 459 g/mol. The maximum atomic E-state index is 12.9. The van der Waals surface area contributed by atoms with Gasteiger partial charge in [0.05, 0.1) is 18.5 Å². The zero-order chi connectivity index (χ0) is 22.3. The molecule has 31 heavy (non-hydrogen) atoms. The minimum atomic E-state index is -4.46. The minimum Gasteiger partial charge on any atom is -0.394 e. The van der Waals surface area contributed by atoms with Crippen molar-refractivity contribution < 1.29 is 33.2 Å². The van der Waals surface area contributed by atoms with Crippen molar-refractivity contribution in [1.29, 1.82) is 0 Å². The highest BCUT2D eigenvalue weighted by atomic mass is 35.5. The molecule has 0 saturated carbocycles. The Balaban J connectivity index is 1.62. The summed E-state index contributed by atoms with van der Waals surface area (Å²) in [5, 5.41) is 32.2. The van der Waals surface area contributed by atoms with Crippen LogP contribution in [0.2, 0.25) is 5.28 Å².